The molecule has 1 aliphatic carbocycles. The summed E-state index contributed by atoms with van der Waals surface area (Å²) in [5.74, 6) is -8.22. The van der Waals surface area contributed by atoms with Crippen LogP contribution in [0.25, 0.3) is 0 Å². The zero-order valence-corrected chi connectivity index (χ0v) is 9.34. The first-order valence-corrected chi connectivity index (χ1v) is 5.42. The van der Waals surface area contributed by atoms with Crippen LogP contribution < -0.4 is 5.32 Å². The molecule has 18 heavy (non-hydrogen) atoms. The largest absolute Gasteiger partial charge is 0.481 e. The van der Waals surface area contributed by atoms with Crippen molar-refractivity contribution in [1.29, 1.82) is 0 Å². The maximum absolute atomic E-state index is 12.6. The van der Waals surface area contributed by atoms with Crippen molar-refractivity contribution in [2.45, 2.75) is 31.6 Å². The zero-order chi connectivity index (χ0) is 13.9. The number of carbonyl (C=O) groups is 2. The number of aliphatic carboxylic acids is 1. The van der Waals surface area contributed by atoms with Gasteiger partial charge in [-0.25, -0.2) is 8.78 Å². The fraction of sp³-hybridized carbons (Fsp3) is 0.800. The number of hydrogen-bond donors (Lipinski definition) is 2. The van der Waals surface area contributed by atoms with Gasteiger partial charge in [-0.1, -0.05) is 6.42 Å². The number of nitrogens with one attached hydrogen (secondary N) is 1. The SMILES string of the molecule is O=C(O)C1CCCC1C(=O)NCC(F)(F)C(F)F. The van der Waals surface area contributed by atoms with Gasteiger partial charge < -0.3 is 10.4 Å². The molecule has 0 saturated heterocycles. The highest BCUT2D eigenvalue weighted by molar-refractivity contribution is 5.85. The molecule has 2 atom stereocenters. The molecule has 1 fully saturated rings. The van der Waals surface area contributed by atoms with Crippen LogP contribution in [0, 0.1) is 11.8 Å². The lowest BCUT2D eigenvalue weighted by molar-refractivity contribution is -0.148. The Balaban J connectivity index is 2.53. The minimum atomic E-state index is -4.30. The standard InChI is InChI=1S/C10H13F4NO3/c11-9(12)10(13,14)4-15-7(16)5-2-1-3-6(5)8(17)18/h5-6,9H,1-4H2,(H,15,16)(H,17,18). The molecule has 0 aromatic heterocycles. The molecule has 8 heteroatoms. The van der Waals surface area contributed by atoms with Crippen LogP contribution in [0.5, 0.6) is 0 Å². The number of carbonyl (C=O) groups excluding carboxylic acids is 1. The van der Waals surface area contributed by atoms with E-state index >= 15 is 0 Å². The van der Waals surface area contributed by atoms with Gasteiger partial charge in [0.25, 0.3) is 0 Å². The van der Waals surface area contributed by atoms with E-state index in [4.69, 9.17) is 5.11 Å². The lowest BCUT2D eigenvalue weighted by Crippen LogP contribution is -2.44. The predicted octanol–water partition coefficient (Wildman–Crippen LogP) is 1.50. The Kier molecular flexibility index (Phi) is 4.53. The van der Waals surface area contributed by atoms with Crippen LogP contribution in [0.2, 0.25) is 0 Å². The molecule has 4 nitrogen and oxygen atoms in total. The van der Waals surface area contributed by atoms with Crippen molar-refractivity contribution in [2.24, 2.45) is 11.8 Å². The van der Waals surface area contributed by atoms with Crippen LogP contribution in [0.15, 0.2) is 0 Å². The van der Waals surface area contributed by atoms with E-state index in [1.807, 2.05) is 0 Å². The normalized spacial score (nSPS) is 24.3. The molecule has 0 spiro atoms. The van der Waals surface area contributed by atoms with E-state index in [2.05, 4.69) is 0 Å². The van der Waals surface area contributed by atoms with Gasteiger partial charge in [0.15, 0.2) is 0 Å². The summed E-state index contributed by atoms with van der Waals surface area (Å²) in [6.07, 6.45) is -2.81. The molecular weight excluding hydrogens is 258 g/mol. The van der Waals surface area contributed by atoms with E-state index in [1.54, 1.807) is 5.32 Å². The number of hydrogen-bond acceptors (Lipinski definition) is 2. The Morgan fingerprint density at radius 3 is 2.33 bits per heavy atom. The van der Waals surface area contributed by atoms with E-state index in [0.717, 1.165) is 0 Å². The molecule has 0 bridgehead atoms. The number of amides is 1. The van der Waals surface area contributed by atoms with Crippen molar-refractivity contribution in [1.82, 2.24) is 5.32 Å². The van der Waals surface area contributed by atoms with Gasteiger partial charge in [0.05, 0.1) is 18.4 Å². The van der Waals surface area contributed by atoms with E-state index in [-0.39, 0.29) is 6.42 Å². The summed E-state index contributed by atoms with van der Waals surface area (Å²) in [7, 11) is 0. The van der Waals surface area contributed by atoms with Crippen LogP contribution in [-0.4, -0.2) is 35.9 Å². The van der Waals surface area contributed by atoms with E-state index in [0.29, 0.717) is 12.8 Å². The van der Waals surface area contributed by atoms with Gasteiger partial charge in [0, 0.05) is 0 Å². The molecule has 0 radical (unpaired) electrons. The molecule has 1 saturated carbocycles. The van der Waals surface area contributed by atoms with E-state index in [1.165, 1.54) is 0 Å². The highest BCUT2D eigenvalue weighted by Gasteiger charge is 2.43. The molecule has 2 N–H and O–H groups in total. The fourth-order valence-corrected chi connectivity index (χ4v) is 1.98. The fourth-order valence-electron chi connectivity index (χ4n) is 1.98. The van der Waals surface area contributed by atoms with Crippen molar-refractivity contribution >= 4 is 11.9 Å². The summed E-state index contributed by atoms with van der Waals surface area (Å²) in [5.41, 5.74) is 0. The predicted molar refractivity (Wildman–Crippen MR) is 52.4 cm³/mol. The number of alkyl halides is 4. The van der Waals surface area contributed by atoms with Gasteiger partial charge in [-0.05, 0) is 12.8 Å². The average Bonchev–Trinajstić information content (AvgIpc) is 2.74. The summed E-state index contributed by atoms with van der Waals surface area (Å²) < 4.78 is 48.8. The quantitative estimate of drug-likeness (QED) is 0.745. The molecule has 1 amide bonds. The van der Waals surface area contributed by atoms with E-state index in [9.17, 15) is 27.2 Å². The molecule has 0 aliphatic heterocycles. The molecule has 0 heterocycles. The van der Waals surface area contributed by atoms with E-state index < -0.39 is 42.6 Å². The first-order chi connectivity index (χ1) is 8.25. The monoisotopic (exact) mass is 271 g/mol. The van der Waals surface area contributed by atoms with Crippen LogP contribution in [0.3, 0.4) is 0 Å². The Hall–Kier alpha value is -1.34. The summed E-state index contributed by atoms with van der Waals surface area (Å²) in [5, 5.41) is 10.5. The first-order valence-electron chi connectivity index (χ1n) is 5.42. The molecule has 104 valence electrons. The Morgan fingerprint density at radius 1 is 1.28 bits per heavy atom. The third-order valence-electron chi connectivity index (χ3n) is 2.99. The smallest absolute Gasteiger partial charge is 0.324 e. The number of carboxylic acids is 1. The van der Waals surface area contributed by atoms with Crippen LogP contribution in [0.4, 0.5) is 17.6 Å². The second-order valence-electron chi connectivity index (χ2n) is 4.26. The summed E-state index contributed by atoms with van der Waals surface area (Å²) in [4.78, 5) is 22.3. The summed E-state index contributed by atoms with van der Waals surface area (Å²) in [6.45, 7) is -1.48. The molecule has 0 aromatic carbocycles. The molecule has 1 rings (SSSR count). The van der Waals surface area contributed by atoms with Crippen LogP contribution in [-0.2, 0) is 9.59 Å². The third kappa shape index (κ3) is 3.33. The summed E-state index contributed by atoms with van der Waals surface area (Å²) >= 11 is 0. The minimum Gasteiger partial charge on any atom is -0.481 e. The minimum absolute atomic E-state index is 0.267. The van der Waals surface area contributed by atoms with Crippen LogP contribution in [0.1, 0.15) is 19.3 Å². The Bertz CT molecular complexity index is 335. The van der Waals surface area contributed by atoms with Gasteiger partial charge in [-0.15, -0.1) is 0 Å². The Morgan fingerprint density at radius 2 is 1.83 bits per heavy atom. The third-order valence-corrected chi connectivity index (χ3v) is 2.99. The highest BCUT2D eigenvalue weighted by atomic mass is 19.3. The zero-order valence-electron chi connectivity index (χ0n) is 9.34. The lowest BCUT2D eigenvalue weighted by Gasteiger charge is -2.19. The summed E-state index contributed by atoms with van der Waals surface area (Å²) in [6, 6.07) is 0. The number of rotatable bonds is 5. The Labute approximate surface area is 100 Å². The number of halogens is 4. The topological polar surface area (TPSA) is 66.4 Å². The molecule has 2 unspecified atom stereocenters. The highest BCUT2D eigenvalue weighted by Crippen LogP contribution is 2.32. The van der Waals surface area contributed by atoms with Crippen molar-refractivity contribution in [3.05, 3.63) is 0 Å². The van der Waals surface area contributed by atoms with Gasteiger partial charge in [0.2, 0.25) is 5.91 Å². The molecular formula is C10H13F4NO3. The van der Waals surface area contributed by atoms with Gasteiger partial charge in [-0.3, -0.25) is 9.59 Å². The lowest BCUT2D eigenvalue weighted by atomic mass is 9.95. The average molecular weight is 271 g/mol. The maximum Gasteiger partial charge on any atom is 0.324 e. The molecule has 1 aliphatic rings. The van der Waals surface area contributed by atoms with Gasteiger partial charge >= 0.3 is 18.3 Å². The number of carboxylic acid groups (broad SMARTS) is 1. The van der Waals surface area contributed by atoms with Gasteiger partial charge in [0.1, 0.15) is 0 Å². The van der Waals surface area contributed by atoms with Crippen LogP contribution >= 0.6 is 0 Å². The molecule has 0 aromatic rings. The van der Waals surface area contributed by atoms with Gasteiger partial charge in [-0.2, -0.15) is 8.78 Å². The van der Waals surface area contributed by atoms with Crippen molar-refractivity contribution in [3.8, 4) is 0 Å². The second-order valence-corrected chi connectivity index (χ2v) is 4.26. The van der Waals surface area contributed by atoms with Crippen molar-refractivity contribution < 1.29 is 32.3 Å². The second kappa shape index (κ2) is 5.53. The van der Waals surface area contributed by atoms with Crippen molar-refractivity contribution in [3.63, 3.8) is 0 Å². The van der Waals surface area contributed by atoms with Crippen molar-refractivity contribution in [2.75, 3.05) is 6.54 Å². The first kappa shape index (κ1) is 14.7. The maximum atomic E-state index is 12.6.